The first-order valence-corrected chi connectivity index (χ1v) is 11.1. The van der Waals surface area contributed by atoms with Crippen LogP contribution in [0.1, 0.15) is 84.5 Å². The molecule has 0 saturated heterocycles. The van der Waals surface area contributed by atoms with E-state index in [0.717, 1.165) is 25.7 Å². The number of rotatable bonds is 13. The van der Waals surface area contributed by atoms with Gasteiger partial charge in [-0.25, -0.2) is 8.42 Å². The highest BCUT2D eigenvalue weighted by Crippen LogP contribution is 2.25. The molecule has 1 rings (SSSR count). The van der Waals surface area contributed by atoms with Crippen LogP contribution >= 0.6 is 0 Å². The molecule has 0 heterocycles. The number of sulfone groups is 1. The van der Waals surface area contributed by atoms with Crippen molar-refractivity contribution in [2.75, 3.05) is 0 Å². The molecule has 1 aromatic carbocycles. The lowest BCUT2D eigenvalue weighted by molar-refractivity contribution is 0.593. The molecule has 0 radical (unpaired) electrons. The van der Waals surface area contributed by atoms with Crippen molar-refractivity contribution in [1.82, 2.24) is 0 Å². The van der Waals surface area contributed by atoms with Crippen molar-refractivity contribution in [3.63, 3.8) is 0 Å². The third-order valence-electron chi connectivity index (χ3n) is 4.36. The number of hydrogen-bond donors (Lipinski definition) is 0. The van der Waals surface area contributed by atoms with Crippen LogP contribution in [0.2, 0.25) is 0 Å². The summed E-state index contributed by atoms with van der Waals surface area (Å²) in [5, 5.41) is 0. The Bertz CT molecular complexity index is 559. The summed E-state index contributed by atoms with van der Waals surface area (Å²) in [6, 6.07) is 8.87. The first-order valence-electron chi connectivity index (χ1n) is 9.62. The van der Waals surface area contributed by atoms with Crippen LogP contribution in [0.15, 0.2) is 46.2 Å². The lowest BCUT2D eigenvalue weighted by Gasteiger charge is -2.10. The summed E-state index contributed by atoms with van der Waals surface area (Å²) in [6.07, 6.45) is 14.0. The fourth-order valence-electron chi connectivity index (χ4n) is 2.83. The van der Waals surface area contributed by atoms with E-state index in [2.05, 4.69) is 13.8 Å². The van der Waals surface area contributed by atoms with E-state index >= 15 is 0 Å². The van der Waals surface area contributed by atoms with Crippen LogP contribution in [0.5, 0.6) is 0 Å². The molecule has 0 saturated carbocycles. The average Bonchev–Trinajstić information content (AvgIpc) is 2.60. The quantitative estimate of drug-likeness (QED) is 0.372. The van der Waals surface area contributed by atoms with Gasteiger partial charge in [0.05, 0.1) is 4.90 Å². The molecule has 0 N–H and O–H groups in total. The molecule has 2 nitrogen and oxygen atoms in total. The summed E-state index contributed by atoms with van der Waals surface area (Å²) in [4.78, 5) is 1.06. The maximum absolute atomic E-state index is 12.9. The maximum atomic E-state index is 12.9. The number of benzene rings is 1. The topological polar surface area (TPSA) is 34.1 Å². The Labute approximate surface area is 149 Å². The van der Waals surface area contributed by atoms with Gasteiger partial charge in [-0.3, -0.25) is 0 Å². The van der Waals surface area contributed by atoms with E-state index in [9.17, 15) is 8.42 Å². The third-order valence-corrected chi connectivity index (χ3v) is 6.31. The highest BCUT2D eigenvalue weighted by molar-refractivity contribution is 7.95. The summed E-state index contributed by atoms with van der Waals surface area (Å²) >= 11 is 0. The van der Waals surface area contributed by atoms with Gasteiger partial charge in [-0.05, 0) is 37.8 Å². The fourth-order valence-corrected chi connectivity index (χ4v) is 4.40. The summed E-state index contributed by atoms with van der Waals surface area (Å²) in [5.74, 6) is 0. The first kappa shape index (κ1) is 21.0. The first-order chi connectivity index (χ1) is 11.6. The molecule has 3 heteroatoms. The Morgan fingerprint density at radius 1 is 0.833 bits per heavy atom. The van der Waals surface area contributed by atoms with Crippen LogP contribution in [0, 0.1) is 0 Å². The lowest BCUT2D eigenvalue weighted by Crippen LogP contribution is -2.05. The van der Waals surface area contributed by atoms with Gasteiger partial charge < -0.3 is 0 Å². The molecule has 0 aliphatic heterocycles. The number of allylic oxidation sites excluding steroid dienone is 2. The van der Waals surface area contributed by atoms with Crippen molar-refractivity contribution in [2.45, 2.75) is 89.4 Å². The number of hydrogen-bond acceptors (Lipinski definition) is 2. The van der Waals surface area contributed by atoms with Crippen LogP contribution in [0.4, 0.5) is 0 Å². The molecule has 0 fully saturated rings. The largest absolute Gasteiger partial charge is 0.219 e. The van der Waals surface area contributed by atoms with Crippen molar-refractivity contribution in [2.24, 2.45) is 0 Å². The van der Waals surface area contributed by atoms with Gasteiger partial charge in [0.25, 0.3) is 0 Å². The van der Waals surface area contributed by atoms with Gasteiger partial charge in [0.15, 0.2) is 0 Å². The van der Waals surface area contributed by atoms with Crippen molar-refractivity contribution < 1.29 is 8.42 Å². The number of unbranched alkanes of at least 4 members (excludes halogenated alkanes) is 8. The minimum Gasteiger partial charge on any atom is -0.219 e. The Balaban J connectivity index is 2.74. The average molecular weight is 351 g/mol. The van der Waals surface area contributed by atoms with Crippen LogP contribution < -0.4 is 0 Å². The Morgan fingerprint density at radius 2 is 1.42 bits per heavy atom. The van der Waals surface area contributed by atoms with Crippen LogP contribution in [0.3, 0.4) is 0 Å². The van der Waals surface area contributed by atoms with Gasteiger partial charge in [-0.2, -0.15) is 0 Å². The van der Waals surface area contributed by atoms with E-state index in [4.69, 9.17) is 0 Å². The van der Waals surface area contributed by atoms with E-state index in [-0.39, 0.29) is 0 Å². The van der Waals surface area contributed by atoms with Crippen molar-refractivity contribution >= 4 is 9.84 Å². The van der Waals surface area contributed by atoms with Gasteiger partial charge in [0.1, 0.15) is 0 Å². The normalized spacial score (nSPS) is 12.5. The van der Waals surface area contributed by atoms with Gasteiger partial charge in [0.2, 0.25) is 9.84 Å². The molecule has 0 spiro atoms. The zero-order chi connectivity index (χ0) is 17.7. The molecule has 0 atom stereocenters. The maximum Gasteiger partial charge on any atom is 0.202 e. The second-order valence-corrected chi connectivity index (χ2v) is 8.50. The monoisotopic (exact) mass is 350 g/mol. The molecule has 0 aliphatic carbocycles. The highest BCUT2D eigenvalue weighted by atomic mass is 32.2. The van der Waals surface area contributed by atoms with Crippen LogP contribution in [-0.2, 0) is 9.84 Å². The standard InChI is InChI=1S/C21H34O2S/c1-3-5-7-9-12-16-20(17-13-10-8-6-4-2)24(22,23)21-18-14-11-15-19-21/h11,14-16,18-19H,3-10,12-13,17H2,1-2H3/b20-16+. The van der Waals surface area contributed by atoms with Gasteiger partial charge in [-0.1, -0.05) is 83.1 Å². The summed E-state index contributed by atoms with van der Waals surface area (Å²) in [7, 11) is -3.33. The van der Waals surface area contributed by atoms with Crippen molar-refractivity contribution in [3.05, 3.63) is 41.3 Å². The minimum atomic E-state index is -3.33. The van der Waals surface area contributed by atoms with Crippen molar-refractivity contribution in [3.8, 4) is 0 Å². The molecule has 0 aromatic heterocycles. The Morgan fingerprint density at radius 3 is 2.04 bits per heavy atom. The summed E-state index contributed by atoms with van der Waals surface area (Å²) in [5.41, 5.74) is 0. The van der Waals surface area contributed by atoms with E-state index < -0.39 is 9.84 Å². The molecular formula is C21H34O2S. The summed E-state index contributed by atoms with van der Waals surface area (Å²) < 4.78 is 25.8. The molecule has 0 amide bonds. The zero-order valence-corrected chi connectivity index (χ0v) is 16.3. The van der Waals surface area contributed by atoms with Crippen molar-refractivity contribution in [1.29, 1.82) is 0 Å². The molecule has 0 unspecified atom stereocenters. The van der Waals surface area contributed by atoms with Gasteiger partial charge >= 0.3 is 0 Å². The molecule has 1 aromatic rings. The van der Waals surface area contributed by atoms with E-state index in [1.54, 1.807) is 24.3 Å². The Hall–Kier alpha value is -1.09. The third kappa shape index (κ3) is 7.65. The zero-order valence-electron chi connectivity index (χ0n) is 15.5. The second kappa shape index (κ2) is 12.3. The van der Waals surface area contributed by atoms with Crippen LogP contribution in [-0.4, -0.2) is 8.42 Å². The fraction of sp³-hybridized carbons (Fsp3) is 0.619. The Kier molecular flexibility index (Phi) is 10.7. The SMILES string of the molecule is CCCCCC/C=C(\CCCCCCC)S(=O)(=O)c1ccccc1. The van der Waals surface area contributed by atoms with E-state index in [0.29, 0.717) is 16.2 Å². The smallest absolute Gasteiger partial charge is 0.202 e. The van der Waals surface area contributed by atoms with E-state index in [1.165, 1.54) is 38.5 Å². The predicted octanol–water partition coefficient (Wildman–Crippen LogP) is 6.68. The van der Waals surface area contributed by atoms with Gasteiger partial charge in [-0.15, -0.1) is 0 Å². The van der Waals surface area contributed by atoms with Gasteiger partial charge in [0, 0.05) is 4.91 Å². The molecule has 0 bridgehead atoms. The summed E-state index contributed by atoms with van der Waals surface area (Å²) in [6.45, 7) is 4.39. The molecular weight excluding hydrogens is 316 g/mol. The van der Waals surface area contributed by atoms with Crippen LogP contribution in [0.25, 0.3) is 0 Å². The predicted molar refractivity (Wildman–Crippen MR) is 104 cm³/mol. The lowest BCUT2D eigenvalue weighted by atomic mass is 10.1. The second-order valence-electron chi connectivity index (χ2n) is 6.50. The minimum absolute atomic E-state index is 0.429. The van der Waals surface area contributed by atoms with E-state index in [1.807, 2.05) is 12.1 Å². The molecule has 0 aliphatic rings. The molecule has 24 heavy (non-hydrogen) atoms. The highest BCUT2D eigenvalue weighted by Gasteiger charge is 2.19. The molecule has 136 valence electrons.